The Morgan fingerprint density at radius 2 is 1.69 bits per heavy atom. The average Bonchev–Trinajstić information content (AvgIpc) is 3.99. The van der Waals surface area contributed by atoms with E-state index < -0.39 is 6.43 Å². The van der Waals surface area contributed by atoms with E-state index in [1.54, 1.807) is 43.2 Å². The molecule has 71 heavy (non-hydrogen) atoms. The molecular weight excluding hydrogens is 926 g/mol. The summed E-state index contributed by atoms with van der Waals surface area (Å²) in [7, 11) is 3.63. The maximum atomic E-state index is 14.8. The molecule has 15 nitrogen and oxygen atoms in total. The normalized spacial score (nSPS) is 24.6. The van der Waals surface area contributed by atoms with Crippen LogP contribution in [0.2, 0.25) is 5.02 Å². The number of ether oxygens (including phenoxy) is 1. The van der Waals surface area contributed by atoms with Crippen LogP contribution in [0.1, 0.15) is 123 Å². The van der Waals surface area contributed by atoms with Crippen molar-refractivity contribution in [3.8, 4) is 16.9 Å². The lowest BCUT2D eigenvalue weighted by molar-refractivity contribution is -0.129. The predicted molar refractivity (Wildman–Crippen MR) is 270 cm³/mol. The molecule has 3 aliphatic heterocycles. The molecule has 0 atom stereocenters. The van der Waals surface area contributed by atoms with Crippen LogP contribution in [0.4, 0.5) is 31.8 Å². The number of carbonyl (C=O) groups excluding carboxylic acids is 2. The summed E-state index contributed by atoms with van der Waals surface area (Å²) in [5.41, 5.74) is 6.83. The Bertz CT molecular complexity index is 2750. The fourth-order valence-corrected chi connectivity index (χ4v) is 12.9. The summed E-state index contributed by atoms with van der Waals surface area (Å²) in [5, 5.41) is 25.4. The number of amides is 2. The Balaban J connectivity index is 0.677. The van der Waals surface area contributed by atoms with Gasteiger partial charge in [-0.1, -0.05) is 11.6 Å². The number of hydrogen-bond donors (Lipinski definition) is 2. The molecule has 11 rings (SSSR count). The molecule has 6 heterocycles. The summed E-state index contributed by atoms with van der Waals surface area (Å²) in [4.78, 5) is 34.9. The molecule has 5 aromatic rings. The molecule has 4 fully saturated rings. The number of benzene rings is 2. The average molecular weight is 992 g/mol. The number of hydrogen-bond acceptors (Lipinski definition) is 11. The van der Waals surface area contributed by atoms with Gasteiger partial charge in [0.25, 0.3) is 12.3 Å². The van der Waals surface area contributed by atoms with Crippen molar-refractivity contribution in [1.82, 2.24) is 44.9 Å². The van der Waals surface area contributed by atoms with Crippen LogP contribution in [0, 0.1) is 5.41 Å². The molecule has 0 bridgehead atoms. The maximum absolute atomic E-state index is 14.8. The highest BCUT2D eigenvalue weighted by molar-refractivity contribution is 6.33. The molecule has 0 unspecified atom stereocenters. The highest BCUT2D eigenvalue weighted by Gasteiger charge is 2.49. The van der Waals surface area contributed by atoms with Crippen LogP contribution in [-0.2, 0) is 31.2 Å². The first-order valence-electron chi connectivity index (χ1n) is 25.8. The number of piperazine rings is 1. The minimum Gasteiger partial charge on any atom is -0.490 e. The number of carbonyl (C=O) groups is 2. The van der Waals surface area contributed by atoms with Gasteiger partial charge in [0.2, 0.25) is 5.91 Å². The van der Waals surface area contributed by atoms with Crippen LogP contribution in [0.5, 0.6) is 5.75 Å². The molecule has 2 N–H and O–H groups in total. The largest absolute Gasteiger partial charge is 0.490 e. The fourth-order valence-electron chi connectivity index (χ4n) is 12.6. The molecule has 2 aromatic carbocycles. The monoisotopic (exact) mass is 990 g/mol. The Morgan fingerprint density at radius 1 is 0.901 bits per heavy atom. The third-order valence-electron chi connectivity index (χ3n) is 16.6. The Hall–Kier alpha value is -5.81. The van der Waals surface area contributed by atoms with Gasteiger partial charge in [0.15, 0.2) is 17.3 Å². The second-order valence-electron chi connectivity index (χ2n) is 21.0. The zero-order chi connectivity index (χ0) is 49.0. The topological polar surface area (TPSA) is 142 Å². The lowest BCUT2D eigenvalue weighted by Crippen LogP contribution is -2.57. The first kappa shape index (κ1) is 47.5. The van der Waals surface area contributed by atoms with Crippen LogP contribution in [-0.4, -0.2) is 116 Å². The molecule has 3 saturated carbocycles. The van der Waals surface area contributed by atoms with Gasteiger partial charge in [0.05, 0.1) is 35.6 Å². The van der Waals surface area contributed by atoms with Crippen molar-refractivity contribution < 1.29 is 23.1 Å². The van der Waals surface area contributed by atoms with E-state index in [0.717, 1.165) is 137 Å². The lowest BCUT2D eigenvalue weighted by atomic mass is 9.57. The number of nitrogens with one attached hydrogen (secondary N) is 2. The zero-order valence-corrected chi connectivity index (χ0v) is 41.8. The Morgan fingerprint density at radius 3 is 2.37 bits per heavy atom. The third-order valence-corrected chi connectivity index (χ3v) is 17.0. The van der Waals surface area contributed by atoms with E-state index in [1.807, 2.05) is 42.3 Å². The van der Waals surface area contributed by atoms with Crippen molar-refractivity contribution in [3.05, 3.63) is 88.0 Å². The molecule has 3 aliphatic carbocycles. The number of aromatic nitrogens is 6. The van der Waals surface area contributed by atoms with Gasteiger partial charge in [-0.15, -0.1) is 10.2 Å². The molecule has 0 radical (unpaired) electrons. The van der Waals surface area contributed by atoms with Gasteiger partial charge < -0.3 is 30.1 Å². The van der Waals surface area contributed by atoms with E-state index in [-0.39, 0.29) is 35.6 Å². The minimum absolute atomic E-state index is 0.000820. The van der Waals surface area contributed by atoms with Gasteiger partial charge in [-0.25, -0.2) is 8.78 Å². The number of anilines is 4. The van der Waals surface area contributed by atoms with Gasteiger partial charge in [0, 0.05) is 119 Å². The molecule has 1 saturated heterocycles. The second kappa shape index (κ2) is 19.7. The predicted octanol–water partition coefficient (Wildman–Crippen LogP) is 8.90. The molecule has 376 valence electrons. The van der Waals surface area contributed by atoms with E-state index in [1.165, 1.54) is 18.5 Å². The van der Waals surface area contributed by atoms with Crippen molar-refractivity contribution in [2.24, 2.45) is 12.5 Å². The summed E-state index contributed by atoms with van der Waals surface area (Å²) in [6, 6.07) is 13.9. The van der Waals surface area contributed by atoms with Crippen molar-refractivity contribution in [2.75, 3.05) is 61.4 Å². The molecule has 3 aromatic heterocycles. The van der Waals surface area contributed by atoms with E-state index in [0.29, 0.717) is 52.9 Å². The van der Waals surface area contributed by atoms with E-state index in [9.17, 15) is 18.4 Å². The first-order valence-corrected chi connectivity index (χ1v) is 26.1. The van der Waals surface area contributed by atoms with Gasteiger partial charge in [0.1, 0.15) is 5.75 Å². The van der Waals surface area contributed by atoms with E-state index in [2.05, 4.69) is 45.3 Å². The van der Waals surface area contributed by atoms with Crippen molar-refractivity contribution >= 4 is 46.4 Å². The number of nitrogens with zero attached hydrogens (tertiary/aromatic N) is 10. The smallest absolute Gasteiger partial charge is 0.272 e. The summed E-state index contributed by atoms with van der Waals surface area (Å²) < 4.78 is 39.7. The number of aryl methyl sites for hydroxylation is 2. The van der Waals surface area contributed by atoms with Gasteiger partial charge >= 0.3 is 0 Å². The fraction of sp³-hybridized carbons (Fsp3) is 0.547. The van der Waals surface area contributed by atoms with Gasteiger partial charge in [-0.3, -0.25) is 23.9 Å². The number of rotatable bonds is 11. The van der Waals surface area contributed by atoms with Crippen LogP contribution >= 0.6 is 11.6 Å². The second-order valence-corrected chi connectivity index (χ2v) is 21.4. The standard InChI is InChI=1S/C53H65ClF2N12O3/c1-33(69)66-20-16-47-43(32-66)51(67-19-4-5-34-25-41(35-30-58-63(3)31-35)42(50(55)56)27-48(34)67)62-68(47)37-14-17-53(18-15-37)28-38(29-53)64-21-23-65(24-22-64)49-13-12-46(60-61-49)52(70)59-36-6-8-39(9-7-36)71-40-10-11-45(57-2)44(54)26-40/h10-13,25-27,30-31,36-39,50,57H,4-9,14-24,28-29,32H2,1-3H3,(H,59,70). The molecule has 1 spiro atoms. The lowest BCUT2D eigenvalue weighted by Gasteiger charge is -2.56. The summed E-state index contributed by atoms with van der Waals surface area (Å²) in [5.74, 6) is 2.22. The van der Waals surface area contributed by atoms with Crippen LogP contribution in [0.15, 0.2) is 54.9 Å². The summed E-state index contributed by atoms with van der Waals surface area (Å²) in [6.07, 6.45) is 13.5. The summed E-state index contributed by atoms with van der Waals surface area (Å²) in [6.45, 7) is 7.11. The number of alkyl halides is 2. The number of halogens is 3. The molecular formula is C53H65ClF2N12O3. The quantitative estimate of drug-likeness (QED) is 0.131. The van der Waals surface area contributed by atoms with Gasteiger partial charge in [-0.2, -0.15) is 10.2 Å². The maximum Gasteiger partial charge on any atom is 0.272 e. The van der Waals surface area contributed by atoms with Crippen molar-refractivity contribution in [3.63, 3.8) is 0 Å². The Labute approximate surface area is 419 Å². The first-order chi connectivity index (χ1) is 34.4. The third kappa shape index (κ3) is 9.56. The molecule has 6 aliphatic rings. The van der Waals surface area contributed by atoms with Gasteiger partial charge in [-0.05, 0) is 130 Å². The van der Waals surface area contributed by atoms with Crippen molar-refractivity contribution in [1.29, 1.82) is 0 Å². The Kier molecular flexibility index (Phi) is 13.2. The summed E-state index contributed by atoms with van der Waals surface area (Å²) >= 11 is 6.34. The van der Waals surface area contributed by atoms with Crippen LogP contribution in [0.3, 0.4) is 0 Å². The van der Waals surface area contributed by atoms with Crippen LogP contribution < -0.4 is 25.2 Å². The highest BCUT2D eigenvalue weighted by atomic mass is 35.5. The molecule has 18 heteroatoms. The highest BCUT2D eigenvalue weighted by Crippen LogP contribution is 2.56. The minimum atomic E-state index is -2.65. The number of fused-ring (bicyclic) bond motifs is 2. The van der Waals surface area contributed by atoms with Crippen LogP contribution in [0.25, 0.3) is 11.1 Å². The van der Waals surface area contributed by atoms with Crippen molar-refractivity contribution in [2.45, 2.75) is 128 Å². The van der Waals surface area contributed by atoms with E-state index in [4.69, 9.17) is 21.4 Å². The zero-order valence-electron chi connectivity index (χ0n) is 41.1. The SMILES string of the molecule is CNc1ccc(OC2CCC(NC(=O)c3ccc(N4CCN(C5CC6(CCC(n7nc(N8CCCc9cc(-c%10cnn(C)c%10)c(C(F)F)cc98)c8c7CCN(C(C)=O)C8)CC6)C5)CC4)nn3)CC2)cc1Cl. The molecule has 2 amide bonds. The van der Waals surface area contributed by atoms with E-state index >= 15 is 0 Å².